The first-order valence-corrected chi connectivity index (χ1v) is 10.3. The summed E-state index contributed by atoms with van der Waals surface area (Å²) < 4.78 is 1.89. The van der Waals surface area contributed by atoms with Crippen LogP contribution in [-0.2, 0) is 17.8 Å². The van der Waals surface area contributed by atoms with E-state index in [9.17, 15) is 9.59 Å². The molecule has 0 radical (unpaired) electrons. The van der Waals surface area contributed by atoms with Crippen LogP contribution in [0.2, 0.25) is 0 Å². The van der Waals surface area contributed by atoms with E-state index in [1.165, 1.54) is 0 Å². The van der Waals surface area contributed by atoms with E-state index in [1.807, 2.05) is 33.7 Å². The number of aromatic nitrogens is 2. The molecule has 0 unspecified atom stereocenters. The van der Waals surface area contributed by atoms with Gasteiger partial charge in [0.25, 0.3) is 5.56 Å². The van der Waals surface area contributed by atoms with Gasteiger partial charge in [0.15, 0.2) is 0 Å². The van der Waals surface area contributed by atoms with Gasteiger partial charge in [0.1, 0.15) is 5.82 Å². The molecule has 2 aromatic rings. The average Bonchev–Trinajstić information content (AvgIpc) is 2.65. The standard InChI is InChI=1S/C22H31N3O2/c1-4-7-20-23-19-9-6-5-8-18(19)22(27)25(20)15-17-10-12-24(13-11-17)21(26)14-16(2)3/h5-6,8-9,16-17H,4,7,10-15H2,1-3H3. The summed E-state index contributed by atoms with van der Waals surface area (Å²) >= 11 is 0. The molecule has 1 aliphatic rings. The van der Waals surface area contributed by atoms with Gasteiger partial charge in [-0.25, -0.2) is 4.98 Å². The van der Waals surface area contributed by atoms with Crippen LogP contribution in [0.25, 0.3) is 10.9 Å². The topological polar surface area (TPSA) is 55.2 Å². The number of piperidine rings is 1. The number of aryl methyl sites for hydroxylation is 1. The zero-order chi connectivity index (χ0) is 19.4. The highest BCUT2D eigenvalue weighted by atomic mass is 16.2. The second-order valence-electron chi connectivity index (χ2n) is 8.13. The van der Waals surface area contributed by atoms with Crippen molar-refractivity contribution in [2.75, 3.05) is 13.1 Å². The molecule has 0 N–H and O–H groups in total. The molecule has 1 saturated heterocycles. The van der Waals surface area contributed by atoms with E-state index < -0.39 is 0 Å². The zero-order valence-electron chi connectivity index (χ0n) is 16.8. The fraction of sp³-hybridized carbons (Fsp3) is 0.591. The maximum Gasteiger partial charge on any atom is 0.261 e. The number of carbonyl (C=O) groups excluding carboxylic acids is 1. The third kappa shape index (κ3) is 4.57. The normalized spacial score (nSPS) is 15.6. The Hall–Kier alpha value is -2.17. The molecule has 1 aromatic carbocycles. The maximum atomic E-state index is 13.1. The largest absolute Gasteiger partial charge is 0.343 e. The molecular weight excluding hydrogens is 338 g/mol. The van der Waals surface area contributed by atoms with E-state index >= 15 is 0 Å². The number of nitrogens with zero attached hydrogens (tertiary/aromatic N) is 3. The van der Waals surface area contributed by atoms with Crippen LogP contribution in [-0.4, -0.2) is 33.4 Å². The highest BCUT2D eigenvalue weighted by molar-refractivity contribution is 5.77. The smallest absolute Gasteiger partial charge is 0.261 e. The monoisotopic (exact) mass is 369 g/mol. The first-order chi connectivity index (χ1) is 13.0. The summed E-state index contributed by atoms with van der Waals surface area (Å²) in [5.41, 5.74) is 0.860. The van der Waals surface area contributed by atoms with E-state index in [0.717, 1.165) is 50.1 Å². The van der Waals surface area contributed by atoms with Crippen molar-refractivity contribution in [1.29, 1.82) is 0 Å². The Labute approximate surface area is 161 Å². The fourth-order valence-corrected chi connectivity index (χ4v) is 3.92. The number of carbonyl (C=O) groups is 1. The minimum Gasteiger partial charge on any atom is -0.343 e. The molecule has 0 aliphatic carbocycles. The second-order valence-corrected chi connectivity index (χ2v) is 8.13. The predicted molar refractivity (Wildman–Crippen MR) is 109 cm³/mol. The van der Waals surface area contributed by atoms with Gasteiger partial charge in [0.2, 0.25) is 5.91 Å². The SMILES string of the molecule is CCCc1nc2ccccc2c(=O)n1CC1CCN(C(=O)CC(C)C)CC1. The average molecular weight is 370 g/mol. The van der Waals surface area contributed by atoms with Crippen molar-refractivity contribution < 1.29 is 4.79 Å². The third-order valence-electron chi connectivity index (χ3n) is 5.41. The van der Waals surface area contributed by atoms with E-state index in [4.69, 9.17) is 4.98 Å². The first-order valence-electron chi connectivity index (χ1n) is 10.3. The molecule has 5 heteroatoms. The van der Waals surface area contributed by atoms with Crippen LogP contribution in [0.1, 0.15) is 52.3 Å². The van der Waals surface area contributed by atoms with Crippen molar-refractivity contribution in [2.45, 2.75) is 59.4 Å². The lowest BCUT2D eigenvalue weighted by molar-refractivity contribution is -0.133. The number of hydrogen-bond donors (Lipinski definition) is 0. The number of fused-ring (bicyclic) bond motifs is 1. The Morgan fingerprint density at radius 1 is 1.22 bits per heavy atom. The molecule has 0 bridgehead atoms. The number of hydrogen-bond acceptors (Lipinski definition) is 3. The van der Waals surface area contributed by atoms with Crippen molar-refractivity contribution in [2.24, 2.45) is 11.8 Å². The Kier molecular flexibility index (Phi) is 6.30. The van der Waals surface area contributed by atoms with Crippen LogP contribution >= 0.6 is 0 Å². The molecule has 0 atom stereocenters. The van der Waals surface area contributed by atoms with Crippen molar-refractivity contribution in [1.82, 2.24) is 14.5 Å². The van der Waals surface area contributed by atoms with Gasteiger partial charge in [-0.2, -0.15) is 0 Å². The van der Waals surface area contributed by atoms with Gasteiger partial charge in [-0.1, -0.05) is 32.9 Å². The van der Waals surface area contributed by atoms with Crippen LogP contribution in [0, 0.1) is 11.8 Å². The molecule has 0 spiro atoms. The number of amides is 1. The Bertz CT molecular complexity index is 848. The Morgan fingerprint density at radius 2 is 1.93 bits per heavy atom. The highest BCUT2D eigenvalue weighted by Crippen LogP contribution is 2.21. The third-order valence-corrected chi connectivity index (χ3v) is 5.41. The summed E-state index contributed by atoms with van der Waals surface area (Å²) in [6, 6.07) is 7.61. The lowest BCUT2D eigenvalue weighted by atomic mass is 9.95. The van der Waals surface area contributed by atoms with Gasteiger partial charge in [-0.15, -0.1) is 0 Å². The van der Waals surface area contributed by atoms with Crippen molar-refractivity contribution in [3.63, 3.8) is 0 Å². The molecule has 2 heterocycles. The minimum atomic E-state index is 0.0716. The molecule has 5 nitrogen and oxygen atoms in total. The van der Waals surface area contributed by atoms with Crippen LogP contribution in [0.5, 0.6) is 0 Å². The van der Waals surface area contributed by atoms with Gasteiger partial charge >= 0.3 is 0 Å². The lowest BCUT2D eigenvalue weighted by Crippen LogP contribution is -2.40. The minimum absolute atomic E-state index is 0.0716. The van der Waals surface area contributed by atoms with Gasteiger partial charge in [0.05, 0.1) is 10.9 Å². The maximum absolute atomic E-state index is 13.1. The Morgan fingerprint density at radius 3 is 2.59 bits per heavy atom. The summed E-state index contributed by atoms with van der Waals surface area (Å²) in [6.45, 7) is 8.59. The Balaban J connectivity index is 1.75. The van der Waals surface area contributed by atoms with E-state index in [2.05, 4.69) is 20.8 Å². The number of likely N-dealkylation sites (tertiary alicyclic amines) is 1. The molecule has 27 heavy (non-hydrogen) atoms. The lowest BCUT2D eigenvalue weighted by Gasteiger charge is -2.33. The fourth-order valence-electron chi connectivity index (χ4n) is 3.92. The molecule has 3 rings (SSSR count). The molecule has 1 aliphatic heterocycles. The first kappa shape index (κ1) is 19.6. The summed E-state index contributed by atoms with van der Waals surface area (Å²) in [7, 11) is 0. The van der Waals surface area contributed by atoms with Gasteiger partial charge in [-0.3, -0.25) is 14.2 Å². The van der Waals surface area contributed by atoms with Crippen LogP contribution in [0.3, 0.4) is 0 Å². The molecule has 146 valence electrons. The van der Waals surface area contributed by atoms with E-state index in [1.54, 1.807) is 0 Å². The highest BCUT2D eigenvalue weighted by Gasteiger charge is 2.24. The van der Waals surface area contributed by atoms with Gasteiger partial charge < -0.3 is 4.90 Å². The van der Waals surface area contributed by atoms with Crippen LogP contribution in [0.15, 0.2) is 29.1 Å². The summed E-state index contributed by atoms with van der Waals surface area (Å²) in [5.74, 6) is 1.97. The number of benzene rings is 1. The predicted octanol–water partition coefficient (Wildman–Crippen LogP) is 3.63. The van der Waals surface area contributed by atoms with Gasteiger partial charge in [0, 0.05) is 32.5 Å². The molecule has 0 saturated carbocycles. The number of para-hydroxylation sites is 1. The van der Waals surface area contributed by atoms with E-state index in [0.29, 0.717) is 30.2 Å². The molecule has 1 fully saturated rings. The van der Waals surface area contributed by atoms with Crippen LogP contribution in [0.4, 0.5) is 0 Å². The number of rotatable bonds is 6. The van der Waals surface area contributed by atoms with Crippen molar-refractivity contribution >= 4 is 16.8 Å². The van der Waals surface area contributed by atoms with Crippen molar-refractivity contribution in [3.8, 4) is 0 Å². The second kappa shape index (κ2) is 8.68. The van der Waals surface area contributed by atoms with Crippen molar-refractivity contribution in [3.05, 3.63) is 40.4 Å². The summed E-state index contributed by atoms with van der Waals surface area (Å²) in [5, 5.41) is 0.696. The molecular formula is C22H31N3O2. The molecule has 1 aromatic heterocycles. The molecule has 1 amide bonds. The zero-order valence-corrected chi connectivity index (χ0v) is 16.8. The van der Waals surface area contributed by atoms with Crippen LogP contribution < -0.4 is 5.56 Å². The van der Waals surface area contributed by atoms with Gasteiger partial charge in [-0.05, 0) is 43.2 Å². The summed E-state index contributed by atoms with van der Waals surface area (Å²) in [6.07, 6.45) is 4.31. The quantitative estimate of drug-likeness (QED) is 0.781. The summed E-state index contributed by atoms with van der Waals surface area (Å²) in [4.78, 5) is 32.1. The van der Waals surface area contributed by atoms with E-state index in [-0.39, 0.29) is 11.5 Å².